The molecule has 1 aliphatic heterocycles. The SMILES string of the molecule is O=C(O/N=C/c1ccccc1)C1=CCCS1. The topological polar surface area (TPSA) is 38.7 Å². The van der Waals surface area contributed by atoms with E-state index in [0.717, 1.165) is 17.7 Å². The highest BCUT2D eigenvalue weighted by atomic mass is 32.2. The first-order chi connectivity index (χ1) is 7.86. The standard InChI is InChI=1S/C12H11NO2S/c14-12(11-7-4-8-16-11)15-13-9-10-5-2-1-3-6-10/h1-3,5-7,9H,4,8H2/b13-9+. The van der Waals surface area contributed by atoms with Crippen LogP contribution in [0.1, 0.15) is 12.0 Å². The zero-order chi connectivity index (χ0) is 11.2. The number of allylic oxidation sites excluding steroid dienone is 1. The normalized spacial score (nSPS) is 15.1. The van der Waals surface area contributed by atoms with E-state index in [1.165, 1.54) is 18.0 Å². The zero-order valence-electron chi connectivity index (χ0n) is 8.63. The maximum absolute atomic E-state index is 11.4. The number of nitrogens with zero attached hydrogens (tertiary/aromatic N) is 1. The van der Waals surface area contributed by atoms with Gasteiger partial charge < -0.3 is 4.84 Å². The zero-order valence-corrected chi connectivity index (χ0v) is 9.44. The van der Waals surface area contributed by atoms with E-state index < -0.39 is 0 Å². The fourth-order valence-corrected chi connectivity index (χ4v) is 2.13. The minimum atomic E-state index is -0.366. The van der Waals surface area contributed by atoms with Gasteiger partial charge >= 0.3 is 5.97 Å². The molecule has 0 amide bonds. The van der Waals surface area contributed by atoms with E-state index >= 15 is 0 Å². The van der Waals surface area contributed by atoms with E-state index in [1.807, 2.05) is 36.4 Å². The predicted octanol–water partition coefficient (Wildman–Crippen LogP) is 2.58. The molecule has 0 radical (unpaired) electrons. The highest BCUT2D eigenvalue weighted by Gasteiger charge is 2.15. The molecule has 82 valence electrons. The second kappa shape index (κ2) is 5.51. The summed E-state index contributed by atoms with van der Waals surface area (Å²) in [7, 11) is 0. The summed E-state index contributed by atoms with van der Waals surface area (Å²) in [4.78, 5) is 16.8. The lowest BCUT2D eigenvalue weighted by atomic mass is 10.2. The molecule has 16 heavy (non-hydrogen) atoms. The van der Waals surface area contributed by atoms with E-state index in [4.69, 9.17) is 4.84 Å². The summed E-state index contributed by atoms with van der Waals surface area (Å²) in [6.07, 6.45) is 4.33. The van der Waals surface area contributed by atoms with Crippen molar-refractivity contribution in [1.82, 2.24) is 0 Å². The number of carbonyl (C=O) groups is 1. The molecule has 0 atom stereocenters. The Labute approximate surface area is 98.2 Å². The van der Waals surface area contributed by atoms with Gasteiger partial charge in [0.15, 0.2) is 0 Å². The van der Waals surface area contributed by atoms with Crippen molar-refractivity contribution in [2.45, 2.75) is 6.42 Å². The summed E-state index contributed by atoms with van der Waals surface area (Å²) >= 11 is 1.51. The molecule has 4 heteroatoms. The summed E-state index contributed by atoms with van der Waals surface area (Å²) in [5.41, 5.74) is 0.906. The van der Waals surface area contributed by atoms with Crippen LogP contribution in [0, 0.1) is 0 Å². The van der Waals surface area contributed by atoms with Crippen molar-refractivity contribution in [3.8, 4) is 0 Å². The number of oxime groups is 1. The molecule has 0 saturated carbocycles. The molecule has 0 bridgehead atoms. The van der Waals surface area contributed by atoms with Crippen LogP contribution in [0.4, 0.5) is 0 Å². The lowest BCUT2D eigenvalue weighted by Gasteiger charge is -1.96. The van der Waals surface area contributed by atoms with Gasteiger partial charge in [0, 0.05) is 5.75 Å². The fraction of sp³-hybridized carbons (Fsp3) is 0.167. The third kappa shape index (κ3) is 2.97. The first-order valence-corrected chi connectivity index (χ1v) is 5.97. The Kier molecular flexibility index (Phi) is 3.77. The van der Waals surface area contributed by atoms with E-state index in [9.17, 15) is 4.79 Å². The van der Waals surface area contributed by atoms with Crippen LogP contribution < -0.4 is 0 Å². The average molecular weight is 233 g/mol. The molecule has 1 heterocycles. The number of carbonyl (C=O) groups excluding carboxylic acids is 1. The summed E-state index contributed by atoms with van der Waals surface area (Å²) in [6.45, 7) is 0. The van der Waals surface area contributed by atoms with Crippen molar-refractivity contribution < 1.29 is 9.63 Å². The predicted molar refractivity (Wildman–Crippen MR) is 65.3 cm³/mol. The second-order valence-electron chi connectivity index (χ2n) is 3.23. The summed E-state index contributed by atoms with van der Waals surface area (Å²) in [5, 5.41) is 3.66. The number of hydrogen-bond acceptors (Lipinski definition) is 4. The van der Waals surface area contributed by atoms with Gasteiger partial charge in [0.25, 0.3) is 0 Å². The molecule has 0 saturated heterocycles. The van der Waals surface area contributed by atoms with Crippen LogP contribution in [0.25, 0.3) is 0 Å². The van der Waals surface area contributed by atoms with E-state index in [-0.39, 0.29) is 5.97 Å². The lowest BCUT2D eigenvalue weighted by Crippen LogP contribution is -2.00. The van der Waals surface area contributed by atoms with Crippen LogP contribution in [0.5, 0.6) is 0 Å². The van der Waals surface area contributed by atoms with Gasteiger partial charge in [-0.25, -0.2) is 4.79 Å². The molecule has 0 fully saturated rings. The molecule has 0 aliphatic carbocycles. The summed E-state index contributed by atoms with van der Waals surface area (Å²) < 4.78 is 0. The van der Waals surface area contributed by atoms with Crippen molar-refractivity contribution in [3.05, 3.63) is 46.9 Å². The Balaban J connectivity index is 1.87. The van der Waals surface area contributed by atoms with Gasteiger partial charge in [-0.3, -0.25) is 0 Å². The molecular weight excluding hydrogens is 222 g/mol. The van der Waals surface area contributed by atoms with Crippen LogP contribution >= 0.6 is 11.8 Å². The highest BCUT2D eigenvalue weighted by Crippen LogP contribution is 2.25. The van der Waals surface area contributed by atoms with Crippen molar-refractivity contribution in [2.75, 3.05) is 5.75 Å². The van der Waals surface area contributed by atoms with Gasteiger partial charge in [0.2, 0.25) is 0 Å². The Morgan fingerprint density at radius 2 is 2.19 bits per heavy atom. The minimum Gasteiger partial charge on any atom is -0.312 e. The first-order valence-electron chi connectivity index (χ1n) is 4.99. The number of benzene rings is 1. The molecule has 1 aromatic carbocycles. The van der Waals surface area contributed by atoms with Crippen LogP contribution in [0.2, 0.25) is 0 Å². The lowest BCUT2D eigenvalue weighted by molar-refractivity contribution is -0.138. The molecule has 1 aliphatic rings. The third-order valence-corrected chi connectivity index (χ3v) is 3.13. The fourth-order valence-electron chi connectivity index (χ4n) is 1.28. The largest absolute Gasteiger partial charge is 0.371 e. The monoisotopic (exact) mass is 233 g/mol. The molecule has 0 aromatic heterocycles. The molecule has 3 nitrogen and oxygen atoms in total. The number of hydrogen-bond donors (Lipinski definition) is 0. The Morgan fingerprint density at radius 3 is 2.88 bits per heavy atom. The van der Waals surface area contributed by atoms with Crippen molar-refractivity contribution in [2.24, 2.45) is 5.16 Å². The van der Waals surface area contributed by atoms with Crippen LogP contribution in [0.3, 0.4) is 0 Å². The van der Waals surface area contributed by atoms with Gasteiger partial charge in [0.05, 0.1) is 11.1 Å². The van der Waals surface area contributed by atoms with Gasteiger partial charge in [-0.15, -0.1) is 11.8 Å². The van der Waals surface area contributed by atoms with Crippen LogP contribution in [-0.4, -0.2) is 17.9 Å². The highest BCUT2D eigenvalue weighted by molar-refractivity contribution is 8.04. The molecule has 2 rings (SSSR count). The molecule has 1 aromatic rings. The minimum absolute atomic E-state index is 0.366. The van der Waals surface area contributed by atoms with Crippen molar-refractivity contribution in [3.63, 3.8) is 0 Å². The van der Waals surface area contributed by atoms with Gasteiger partial charge in [-0.2, -0.15) is 0 Å². The van der Waals surface area contributed by atoms with E-state index in [1.54, 1.807) is 0 Å². The first kappa shape index (κ1) is 11.0. The number of thioether (sulfide) groups is 1. The molecule has 0 spiro atoms. The molecule has 0 N–H and O–H groups in total. The van der Waals surface area contributed by atoms with Crippen LogP contribution in [0.15, 0.2) is 46.5 Å². The maximum atomic E-state index is 11.4. The Morgan fingerprint density at radius 1 is 1.38 bits per heavy atom. The average Bonchev–Trinajstić information content (AvgIpc) is 2.84. The van der Waals surface area contributed by atoms with Gasteiger partial charge in [-0.05, 0) is 12.0 Å². The second-order valence-corrected chi connectivity index (χ2v) is 4.37. The summed E-state index contributed by atoms with van der Waals surface area (Å²) in [6, 6.07) is 9.50. The van der Waals surface area contributed by atoms with Crippen molar-refractivity contribution >= 4 is 23.9 Å². The number of rotatable bonds is 3. The quantitative estimate of drug-likeness (QED) is 0.457. The van der Waals surface area contributed by atoms with Crippen molar-refractivity contribution in [1.29, 1.82) is 0 Å². The Hall–Kier alpha value is -1.55. The van der Waals surface area contributed by atoms with E-state index in [0.29, 0.717) is 4.91 Å². The smallest absolute Gasteiger partial charge is 0.312 e. The van der Waals surface area contributed by atoms with Crippen LogP contribution in [-0.2, 0) is 9.63 Å². The molecule has 0 unspecified atom stereocenters. The van der Waals surface area contributed by atoms with E-state index in [2.05, 4.69) is 5.16 Å². The molecular formula is C12H11NO2S. The van der Waals surface area contributed by atoms with Gasteiger partial charge in [-0.1, -0.05) is 41.6 Å². The summed E-state index contributed by atoms with van der Waals surface area (Å²) in [5.74, 6) is 0.585. The maximum Gasteiger partial charge on any atom is 0.371 e. The third-order valence-electron chi connectivity index (χ3n) is 2.04. The Bertz CT molecular complexity index is 426. The van der Waals surface area contributed by atoms with Gasteiger partial charge in [0.1, 0.15) is 0 Å².